The molecule has 2 N–H and O–H groups in total. The molecule has 0 bridgehead atoms. The molecule has 0 heterocycles. The number of hydrogen-bond acceptors (Lipinski definition) is 3. The second-order valence-corrected chi connectivity index (χ2v) is 6.66. The lowest BCUT2D eigenvalue weighted by atomic mass is 10.1. The molecular formula is C16H24N2O2S. The highest BCUT2D eigenvalue weighted by Crippen LogP contribution is 2.11. The van der Waals surface area contributed by atoms with Crippen LogP contribution in [0, 0.1) is 0 Å². The van der Waals surface area contributed by atoms with Crippen molar-refractivity contribution in [1.29, 1.82) is 0 Å². The van der Waals surface area contributed by atoms with Gasteiger partial charge in [0.1, 0.15) is 0 Å². The summed E-state index contributed by atoms with van der Waals surface area (Å²) in [6, 6.07) is 9.43. The molecule has 0 spiro atoms. The van der Waals surface area contributed by atoms with Crippen LogP contribution in [0.3, 0.4) is 0 Å². The summed E-state index contributed by atoms with van der Waals surface area (Å²) in [5.41, 5.74) is 0.825. The number of amides is 2. The highest BCUT2D eigenvalue weighted by atomic mass is 32.1. The molecule has 0 aliphatic carbocycles. The van der Waals surface area contributed by atoms with Gasteiger partial charge in [-0.3, -0.25) is 9.59 Å². The van der Waals surface area contributed by atoms with E-state index in [2.05, 4.69) is 23.3 Å². The number of hydrogen-bond donors (Lipinski definition) is 3. The Hall–Kier alpha value is -1.49. The lowest BCUT2D eigenvalue weighted by molar-refractivity contribution is -0.122. The van der Waals surface area contributed by atoms with Gasteiger partial charge in [-0.2, -0.15) is 12.6 Å². The van der Waals surface area contributed by atoms with Crippen molar-refractivity contribution >= 4 is 30.1 Å². The van der Waals surface area contributed by atoms with Crippen molar-refractivity contribution in [2.75, 3.05) is 11.9 Å². The highest BCUT2D eigenvalue weighted by Gasteiger charge is 2.21. The first kappa shape index (κ1) is 17.6. The fourth-order valence-corrected chi connectivity index (χ4v) is 1.83. The first-order chi connectivity index (χ1) is 9.89. The van der Waals surface area contributed by atoms with Crippen LogP contribution in [0.1, 0.15) is 39.5 Å². The highest BCUT2D eigenvalue weighted by molar-refractivity contribution is 7.82. The molecule has 1 aromatic carbocycles. The van der Waals surface area contributed by atoms with Crippen molar-refractivity contribution in [2.45, 2.75) is 44.3 Å². The van der Waals surface area contributed by atoms with Gasteiger partial charge in [0, 0.05) is 18.7 Å². The van der Waals surface area contributed by atoms with Gasteiger partial charge in [0.2, 0.25) is 11.8 Å². The summed E-state index contributed by atoms with van der Waals surface area (Å²) in [6.07, 6.45) is 3.10. The second kappa shape index (κ2) is 8.72. The van der Waals surface area contributed by atoms with Gasteiger partial charge in [0.25, 0.3) is 0 Å². The van der Waals surface area contributed by atoms with E-state index in [-0.39, 0.29) is 11.8 Å². The minimum absolute atomic E-state index is 0.0294. The van der Waals surface area contributed by atoms with Crippen molar-refractivity contribution in [2.24, 2.45) is 0 Å². The molecule has 0 aliphatic heterocycles. The predicted molar refractivity (Wildman–Crippen MR) is 89.6 cm³/mol. The summed E-state index contributed by atoms with van der Waals surface area (Å²) in [4.78, 5) is 23.3. The molecule has 116 valence electrons. The Bertz CT molecular complexity index is 455. The van der Waals surface area contributed by atoms with Gasteiger partial charge in [0.05, 0.1) is 4.75 Å². The minimum Gasteiger partial charge on any atom is -0.355 e. The van der Waals surface area contributed by atoms with Crippen LogP contribution in [0.4, 0.5) is 5.69 Å². The van der Waals surface area contributed by atoms with Crippen molar-refractivity contribution in [3.63, 3.8) is 0 Å². The topological polar surface area (TPSA) is 58.2 Å². The third-order valence-corrected chi connectivity index (χ3v) is 3.18. The average molecular weight is 308 g/mol. The summed E-state index contributed by atoms with van der Waals surface area (Å²) >= 11 is 4.20. The molecule has 1 aromatic rings. The van der Waals surface area contributed by atoms with Gasteiger partial charge in [-0.15, -0.1) is 0 Å². The van der Waals surface area contributed by atoms with Gasteiger partial charge in [0.15, 0.2) is 0 Å². The third kappa shape index (κ3) is 7.75. The fraction of sp³-hybridized carbons (Fsp3) is 0.500. The van der Waals surface area contributed by atoms with E-state index in [1.54, 1.807) is 13.8 Å². The lowest BCUT2D eigenvalue weighted by Crippen LogP contribution is -2.38. The van der Waals surface area contributed by atoms with Crippen LogP contribution in [0.5, 0.6) is 0 Å². The smallest absolute Gasteiger partial charge is 0.235 e. The molecule has 0 atom stereocenters. The molecule has 0 saturated heterocycles. The molecule has 0 saturated carbocycles. The average Bonchev–Trinajstić information content (AvgIpc) is 2.42. The van der Waals surface area contributed by atoms with Crippen LogP contribution < -0.4 is 10.6 Å². The SMILES string of the molecule is CC(C)(S)C(=O)NCCCCCC(=O)Nc1ccccc1. The monoisotopic (exact) mass is 308 g/mol. The predicted octanol–water partition coefficient (Wildman–Crippen LogP) is 3.01. The number of benzene rings is 1. The Morgan fingerprint density at radius 1 is 1.10 bits per heavy atom. The van der Waals surface area contributed by atoms with Crippen molar-refractivity contribution in [3.8, 4) is 0 Å². The van der Waals surface area contributed by atoms with Crippen molar-refractivity contribution < 1.29 is 9.59 Å². The minimum atomic E-state index is -0.643. The number of carbonyl (C=O) groups is 2. The molecule has 0 aromatic heterocycles. The summed E-state index contributed by atoms with van der Waals surface area (Å²) in [5, 5.41) is 5.69. The van der Waals surface area contributed by atoms with Crippen LogP contribution in [0.2, 0.25) is 0 Å². The van der Waals surface area contributed by atoms with Gasteiger partial charge < -0.3 is 10.6 Å². The number of nitrogens with one attached hydrogen (secondary N) is 2. The molecule has 4 nitrogen and oxygen atoms in total. The van der Waals surface area contributed by atoms with Crippen LogP contribution in [-0.4, -0.2) is 23.1 Å². The van der Waals surface area contributed by atoms with Gasteiger partial charge >= 0.3 is 0 Å². The summed E-state index contributed by atoms with van der Waals surface area (Å²) < 4.78 is -0.643. The number of rotatable bonds is 8. The second-order valence-electron chi connectivity index (χ2n) is 5.54. The van der Waals surface area contributed by atoms with E-state index in [4.69, 9.17) is 0 Å². The molecular weight excluding hydrogens is 284 g/mol. The molecule has 0 aliphatic rings. The Kier molecular flexibility index (Phi) is 7.29. The number of carbonyl (C=O) groups excluding carboxylic acids is 2. The van der Waals surface area contributed by atoms with E-state index in [0.717, 1.165) is 24.9 Å². The Labute approximate surface area is 132 Å². The first-order valence-electron chi connectivity index (χ1n) is 7.25. The first-order valence-corrected chi connectivity index (χ1v) is 7.70. The molecule has 1 rings (SSSR count). The maximum Gasteiger partial charge on any atom is 0.235 e. The van der Waals surface area contributed by atoms with E-state index >= 15 is 0 Å². The van der Waals surface area contributed by atoms with Crippen LogP contribution >= 0.6 is 12.6 Å². The largest absolute Gasteiger partial charge is 0.355 e. The normalized spacial score (nSPS) is 11.0. The van der Waals surface area contributed by atoms with Crippen LogP contribution in [0.25, 0.3) is 0 Å². The summed E-state index contributed by atoms with van der Waals surface area (Å²) in [6.45, 7) is 4.15. The van der Waals surface area contributed by atoms with Gasteiger partial charge in [-0.25, -0.2) is 0 Å². The molecule has 2 amide bonds. The molecule has 5 heteroatoms. The van der Waals surface area contributed by atoms with Gasteiger partial charge in [-0.1, -0.05) is 24.6 Å². The van der Waals surface area contributed by atoms with E-state index in [1.807, 2.05) is 30.3 Å². The van der Waals surface area contributed by atoms with E-state index in [9.17, 15) is 9.59 Å². The Balaban J connectivity index is 2.07. The van der Waals surface area contributed by atoms with Gasteiger partial charge in [-0.05, 0) is 38.8 Å². The third-order valence-electron chi connectivity index (χ3n) is 2.98. The maximum atomic E-state index is 11.7. The lowest BCUT2D eigenvalue weighted by Gasteiger charge is -2.16. The number of thiol groups is 1. The molecule has 21 heavy (non-hydrogen) atoms. The van der Waals surface area contributed by atoms with Crippen molar-refractivity contribution in [1.82, 2.24) is 5.32 Å². The number of para-hydroxylation sites is 1. The quantitative estimate of drug-likeness (QED) is 0.511. The van der Waals surface area contributed by atoms with Crippen LogP contribution in [0.15, 0.2) is 30.3 Å². The number of anilines is 1. The Morgan fingerprint density at radius 2 is 1.76 bits per heavy atom. The van der Waals surface area contributed by atoms with Crippen LogP contribution in [-0.2, 0) is 9.59 Å². The standard InChI is InChI=1S/C16H24N2O2S/c1-16(2,21)15(20)17-12-8-4-7-11-14(19)18-13-9-5-3-6-10-13/h3,5-6,9-10,21H,4,7-8,11-12H2,1-2H3,(H,17,20)(H,18,19). The van der Waals surface area contributed by atoms with E-state index in [0.29, 0.717) is 13.0 Å². The van der Waals surface area contributed by atoms with Crippen molar-refractivity contribution in [3.05, 3.63) is 30.3 Å². The summed E-state index contributed by atoms with van der Waals surface area (Å²) in [7, 11) is 0. The molecule has 0 radical (unpaired) electrons. The van der Waals surface area contributed by atoms with E-state index < -0.39 is 4.75 Å². The fourth-order valence-electron chi connectivity index (χ4n) is 1.75. The zero-order chi connectivity index (χ0) is 15.7. The van der Waals surface area contributed by atoms with E-state index in [1.165, 1.54) is 0 Å². The zero-order valence-corrected chi connectivity index (χ0v) is 13.6. The number of unbranched alkanes of at least 4 members (excludes halogenated alkanes) is 2. The maximum absolute atomic E-state index is 11.7. The molecule has 0 unspecified atom stereocenters. The molecule has 0 fully saturated rings. The summed E-state index contributed by atoms with van der Waals surface area (Å²) in [5.74, 6) is -0.0330. The Morgan fingerprint density at radius 3 is 2.38 bits per heavy atom. The zero-order valence-electron chi connectivity index (χ0n) is 12.7.